The van der Waals surface area contributed by atoms with Gasteiger partial charge in [0, 0.05) is 7.05 Å². The first-order chi connectivity index (χ1) is 14.9. The predicted octanol–water partition coefficient (Wildman–Crippen LogP) is 3.47. The molecule has 0 bridgehead atoms. The van der Waals surface area contributed by atoms with Gasteiger partial charge in [0.15, 0.2) is 5.11 Å². The highest BCUT2D eigenvalue weighted by Gasteiger charge is 2.51. The van der Waals surface area contributed by atoms with E-state index in [1.54, 1.807) is 27.0 Å². The molecule has 1 aromatic carbocycles. The van der Waals surface area contributed by atoms with Gasteiger partial charge in [-0.2, -0.15) is 18.4 Å². The number of carbonyl (C=O) groups excluding carboxylic acids is 2. The third kappa shape index (κ3) is 3.10. The number of benzene rings is 1. The summed E-state index contributed by atoms with van der Waals surface area (Å²) in [6.07, 6.45) is -3.30. The topological polar surface area (TPSA) is 80.5 Å². The van der Waals surface area contributed by atoms with Gasteiger partial charge in [0.1, 0.15) is 5.54 Å². The lowest BCUT2D eigenvalue weighted by Crippen LogP contribution is -2.44. The minimum Gasteiger partial charge on any atom is -0.336 e. The molecule has 1 fully saturated rings. The second-order valence-corrected chi connectivity index (χ2v) is 8.37. The zero-order chi connectivity index (χ0) is 23.6. The molecule has 3 heterocycles. The fourth-order valence-electron chi connectivity index (χ4n) is 3.88. The van der Waals surface area contributed by atoms with Crippen molar-refractivity contribution in [1.82, 2.24) is 9.88 Å². The SMILES string of the molecule is CN1Cc2ncc(N3C(=S)N(c4ccc(C#N)c(C(F)(F)F)c4)C(=O)C3(C)C)cc2C1=O. The predicted molar refractivity (Wildman–Crippen MR) is 113 cm³/mol. The van der Waals surface area contributed by atoms with E-state index < -0.39 is 28.7 Å². The first kappa shape index (κ1) is 21.7. The summed E-state index contributed by atoms with van der Waals surface area (Å²) < 4.78 is 40.3. The number of halogens is 3. The Morgan fingerprint density at radius 2 is 1.88 bits per heavy atom. The Hall–Kier alpha value is -3.52. The first-order valence-corrected chi connectivity index (χ1v) is 9.83. The van der Waals surface area contributed by atoms with Crippen LogP contribution in [0.1, 0.15) is 41.0 Å². The molecule has 0 spiro atoms. The van der Waals surface area contributed by atoms with Gasteiger partial charge >= 0.3 is 6.18 Å². The van der Waals surface area contributed by atoms with Gasteiger partial charge in [0.25, 0.3) is 11.8 Å². The maximum Gasteiger partial charge on any atom is 0.417 e. The monoisotopic (exact) mass is 459 g/mol. The van der Waals surface area contributed by atoms with Crippen LogP contribution in [0.4, 0.5) is 24.5 Å². The van der Waals surface area contributed by atoms with Gasteiger partial charge in [0.2, 0.25) is 0 Å². The summed E-state index contributed by atoms with van der Waals surface area (Å²) in [5.41, 5.74) is -1.72. The van der Waals surface area contributed by atoms with Crippen molar-refractivity contribution in [3.63, 3.8) is 0 Å². The molecule has 11 heteroatoms. The van der Waals surface area contributed by atoms with Gasteiger partial charge in [-0.15, -0.1) is 0 Å². The van der Waals surface area contributed by atoms with Crippen molar-refractivity contribution in [3.8, 4) is 6.07 Å². The van der Waals surface area contributed by atoms with Crippen LogP contribution >= 0.6 is 12.2 Å². The third-order valence-corrected chi connectivity index (χ3v) is 5.90. The minimum absolute atomic E-state index is 0.0571. The number of anilines is 2. The quantitative estimate of drug-likeness (QED) is 0.640. The van der Waals surface area contributed by atoms with E-state index in [-0.39, 0.29) is 16.7 Å². The number of nitriles is 1. The lowest BCUT2D eigenvalue weighted by Gasteiger charge is -2.29. The molecule has 2 aliphatic heterocycles. The lowest BCUT2D eigenvalue weighted by atomic mass is 10.0. The minimum atomic E-state index is -4.78. The highest BCUT2D eigenvalue weighted by Crippen LogP contribution is 2.40. The van der Waals surface area contributed by atoms with Crippen LogP contribution in [0.3, 0.4) is 0 Å². The molecule has 32 heavy (non-hydrogen) atoms. The second kappa shape index (κ2) is 7.00. The van der Waals surface area contributed by atoms with E-state index in [4.69, 9.17) is 17.5 Å². The van der Waals surface area contributed by atoms with Crippen LogP contribution in [0.15, 0.2) is 30.5 Å². The van der Waals surface area contributed by atoms with Gasteiger partial charge in [0.05, 0.1) is 52.6 Å². The Balaban J connectivity index is 1.80. The first-order valence-electron chi connectivity index (χ1n) is 9.42. The van der Waals surface area contributed by atoms with Crippen molar-refractivity contribution in [2.75, 3.05) is 16.8 Å². The molecule has 0 unspecified atom stereocenters. The summed E-state index contributed by atoms with van der Waals surface area (Å²) in [7, 11) is 1.64. The Morgan fingerprint density at radius 1 is 1.19 bits per heavy atom. The van der Waals surface area contributed by atoms with E-state index in [1.165, 1.54) is 28.1 Å². The average Bonchev–Trinajstić information content (AvgIpc) is 3.10. The fraction of sp³-hybridized carbons (Fsp3) is 0.286. The van der Waals surface area contributed by atoms with E-state index in [9.17, 15) is 22.8 Å². The van der Waals surface area contributed by atoms with Crippen LogP contribution in [-0.4, -0.2) is 39.4 Å². The third-order valence-electron chi connectivity index (χ3n) is 5.53. The molecule has 2 amide bonds. The van der Waals surface area contributed by atoms with E-state index in [0.717, 1.165) is 17.0 Å². The molecule has 0 atom stereocenters. The standard InChI is InChI=1S/C21H16F3N5O2S/c1-20(2)18(31)28(12-5-4-11(8-25)15(7-12)21(22,23)24)19(32)29(20)13-6-14-16(26-9-13)10-27(3)17(14)30/h4-7,9H,10H2,1-3H3. The number of nitrogens with zero attached hydrogens (tertiary/aromatic N) is 5. The van der Waals surface area contributed by atoms with Crippen molar-refractivity contribution in [3.05, 3.63) is 52.8 Å². The molecule has 4 rings (SSSR count). The second-order valence-electron chi connectivity index (χ2n) is 8.01. The number of pyridine rings is 1. The number of hydrogen-bond acceptors (Lipinski definition) is 5. The molecule has 2 aliphatic rings. The van der Waals surface area contributed by atoms with Crippen LogP contribution in [-0.2, 0) is 17.5 Å². The fourth-order valence-corrected chi connectivity index (χ4v) is 4.40. The number of amides is 2. The van der Waals surface area contributed by atoms with Crippen LogP contribution in [0.5, 0.6) is 0 Å². The molecule has 1 aromatic heterocycles. The normalized spacial score (nSPS) is 17.8. The lowest BCUT2D eigenvalue weighted by molar-refractivity contribution is -0.137. The Bertz CT molecular complexity index is 1230. The van der Waals surface area contributed by atoms with E-state index in [2.05, 4.69) is 4.98 Å². The van der Waals surface area contributed by atoms with Crippen LogP contribution in [0.2, 0.25) is 0 Å². The molecule has 2 aromatic rings. The van der Waals surface area contributed by atoms with Crippen molar-refractivity contribution < 1.29 is 22.8 Å². The molecule has 164 valence electrons. The number of rotatable bonds is 2. The van der Waals surface area contributed by atoms with Crippen molar-refractivity contribution >= 4 is 40.5 Å². The summed E-state index contributed by atoms with van der Waals surface area (Å²) >= 11 is 5.49. The number of carbonyl (C=O) groups is 2. The highest BCUT2D eigenvalue weighted by molar-refractivity contribution is 7.81. The largest absolute Gasteiger partial charge is 0.417 e. The zero-order valence-electron chi connectivity index (χ0n) is 17.2. The molecular formula is C21H16F3N5O2S. The summed E-state index contributed by atoms with van der Waals surface area (Å²) in [6.45, 7) is 3.52. The van der Waals surface area contributed by atoms with Gasteiger partial charge in [-0.05, 0) is 50.3 Å². The van der Waals surface area contributed by atoms with Crippen LogP contribution in [0, 0.1) is 11.3 Å². The summed E-state index contributed by atoms with van der Waals surface area (Å²) in [6, 6.07) is 6.09. The van der Waals surface area contributed by atoms with Crippen molar-refractivity contribution in [2.45, 2.75) is 32.1 Å². The molecular weight excluding hydrogens is 443 g/mol. The van der Waals surface area contributed by atoms with E-state index in [0.29, 0.717) is 23.5 Å². The number of alkyl halides is 3. The summed E-state index contributed by atoms with van der Waals surface area (Å²) in [5.74, 6) is -0.772. The van der Waals surface area contributed by atoms with E-state index in [1.807, 2.05) is 0 Å². The van der Waals surface area contributed by atoms with E-state index >= 15 is 0 Å². The maximum absolute atomic E-state index is 13.4. The summed E-state index contributed by atoms with van der Waals surface area (Å²) in [5, 5.41) is 8.97. The summed E-state index contributed by atoms with van der Waals surface area (Å²) in [4.78, 5) is 33.9. The molecule has 7 nitrogen and oxygen atoms in total. The molecule has 0 saturated carbocycles. The van der Waals surface area contributed by atoms with Gasteiger partial charge in [-0.1, -0.05) is 0 Å². The average molecular weight is 459 g/mol. The maximum atomic E-state index is 13.4. The molecule has 0 radical (unpaired) electrons. The van der Waals surface area contributed by atoms with Gasteiger partial charge in [-0.25, -0.2) is 0 Å². The molecule has 1 saturated heterocycles. The Morgan fingerprint density at radius 3 is 2.50 bits per heavy atom. The van der Waals surface area contributed by atoms with Gasteiger partial charge in [-0.3, -0.25) is 19.5 Å². The zero-order valence-corrected chi connectivity index (χ0v) is 18.0. The van der Waals surface area contributed by atoms with Crippen LogP contribution in [0.25, 0.3) is 0 Å². The molecule has 0 aliphatic carbocycles. The number of hydrogen-bond donors (Lipinski definition) is 0. The van der Waals surface area contributed by atoms with Crippen molar-refractivity contribution in [1.29, 1.82) is 5.26 Å². The van der Waals surface area contributed by atoms with Gasteiger partial charge < -0.3 is 9.80 Å². The van der Waals surface area contributed by atoms with Crippen LogP contribution < -0.4 is 9.80 Å². The molecule has 0 N–H and O–H groups in total. The number of aromatic nitrogens is 1. The smallest absolute Gasteiger partial charge is 0.336 e. The highest BCUT2D eigenvalue weighted by atomic mass is 32.1. The number of thiocarbonyl (C=S) groups is 1. The van der Waals surface area contributed by atoms with Crippen molar-refractivity contribution in [2.24, 2.45) is 0 Å². The Kier molecular flexibility index (Phi) is 4.74. The Labute approximate surface area is 186 Å². The number of fused-ring (bicyclic) bond motifs is 1.